The quantitative estimate of drug-likeness (QED) is 0.210. The van der Waals surface area contributed by atoms with Gasteiger partial charge in [0, 0.05) is 12.6 Å². The van der Waals surface area contributed by atoms with Crippen molar-refractivity contribution in [1.29, 1.82) is 0 Å². The number of rotatable bonds is 10. The molecule has 1 saturated heterocycles. The van der Waals surface area contributed by atoms with Crippen molar-refractivity contribution in [2.75, 3.05) is 13.7 Å². The van der Waals surface area contributed by atoms with Crippen molar-refractivity contribution in [2.45, 2.75) is 84.1 Å². The predicted octanol–water partition coefficient (Wildman–Crippen LogP) is 6.34. The van der Waals surface area contributed by atoms with Gasteiger partial charge in [-0.3, -0.25) is 0 Å². The highest BCUT2D eigenvalue weighted by Gasteiger charge is 2.53. The number of nitrogens with zero attached hydrogens (tertiary/aromatic N) is 1. The number of carboxylic acid groups (broad SMARTS) is 1. The first-order valence-corrected chi connectivity index (χ1v) is 17.1. The van der Waals surface area contributed by atoms with E-state index in [4.69, 9.17) is 13.9 Å². The Bertz CT molecular complexity index is 1420. The summed E-state index contributed by atoms with van der Waals surface area (Å²) < 4.78 is 33.2. The van der Waals surface area contributed by atoms with E-state index >= 15 is 4.39 Å². The Morgan fingerprint density at radius 2 is 1.61 bits per heavy atom. The maximum absolute atomic E-state index is 15.2. The molecule has 0 aromatic heterocycles. The summed E-state index contributed by atoms with van der Waals surface area (Å²) >= 11 is 0. The Morgan fingerprint density at radius 3 is 2.09 bits per heavy atom. The molecule has 3 aromatic carbocycles. The lowest BCUT2D eigenvalue weighted by molar-refractivity contribution is 0.0591. The van der Waals surface area contributed by atoms with Crippen LogP contribution < -0.4 is 15.1 Å². The fourth-order valence-electron chi connectivity index (χ4n) is 6.43. The van der Waals surface area contributed by atoms with E-state index < -0.39 is 26.2 Å². The topological polar surface area (TPSA) is 85.3 Å². The van der Waals surface area contributed by atoms with Gasteiger partial charge in [0.2, 0.25) is 0 Å². The molecule has 9 heteroatoms. The van der Waals surface area contributed by atoms with E-state index in [2.05, 4.69) is 45.0 Å². The van der Waals surface area contributed by atoms with Crippen LogP contribution in [0.4, 0.5) is 9.18 Å². The van der Waals surface area contributed by atoms with E-state index in [-0.39, 0.29) is 41.1 Å². The number of hydrogen-bond donors (Lipinski definition) is 1. The lowest BCUT2D eigenvalue weighted by Gasteiger charge is -2.44. The minimum atomic E-state index is -2.90. The van der Waals surface area contributed by atoms with Gasteiger partial charge in [-0.05, 0) is 66.6 Å². The van der Waals surface area contributed by atoms with Crippen LogP contribution in [-0.2, 0) is 15.6 Å². The minimum Gasteiger partial charge on any atom is -0.487 e. The highest BCUT2D eigenvalue weighted by Crippen LogP contribution is 2.40. The molecular weight excluding hydrogens is 577 g/mol. The molecule has 0 aliphatic carbocycles. The van der Waals surface area contributed by atoms with Crippen molar-refractivity contribution in [3.05, 3.63) is 89.2 Å². The van der Waals surface area contributed by atoms with Gasteiger partial charge >= 0.3 is 12.1 Å². The lowest BCUT2D eigenvalue weighted by Crippen LogP contribution is -2.67. The molecular formula is C35H44FNO6Si. The molecule has 0 unspecified atom stereocenters. The number of likely N-dealkylation sites (tertiary alicyclic amines) is 1. The number of ether oxygens (including phenoxy) is 2. The molecule has 1 aliphatic heterocycles. The van der Waals surface area contributed by atoms with Gasteiger partial charge in [0.05, 0.1) is 19.3 Å². The molecule has 7 nitrogen and oxygen atoms in total. The molecule has 236 valence electrons. The largest absolute Gasteiger partial charge is 0.487 e. The zero-order chi connectivity index (χ0) is 32.2. The summed E-state index contributed by atoms with van der Waals surface area (Å²) in [7, 11) is -1.65. The second-order valence-electron chi connectivity index (χ2n) is 12.8. The van der Waals surface area contributed by atoms with Gasteiger partial charge in [-0.1, -0.05) is 87.5 Å². The Balaban J connectivity index is 1.68. The highest BCUT2D eigenvalue weighted by atomic mass is 28.4. The molecule has 3 aromatic rings. The minimum absolute atomic E-state index is 0.0456. The third kappa shape index (κ3) is 6.68. The Labute approximate surface area is 261 Å². The lowest BCUT2D eigenvalue weighted by atomic mass is 9.95. The van der Waals surface area contributed by atoms with Crippen molar-refractivity contribution in [3.8, 4) is 5.75 Å². The molecule has 2 atom stereocenters. The third-order valence-corrected chi connectivity index (χ3v) is 13.4. The van der Waals surface area contributed by atoms with E-state index in [1.54, 1.807) is 26.8 Å². The predicted molar refractivity (Wildman–Crippen MR) is 172 cm³/mol. The van der Waals surface area contributed by atoms with Crippen LogP contribution in [0.5, 0.6) is 5.75 Å². The average Bonchev–Trinajstić information content (AvgIpc) is 3.40. The fraction of sp³-hybridized carbons (Fsp3) is 0.429. The maximum Gasteiger partial charge on any atom is 0.407 e. The number of amides is 1. The van der Waals surface area contributed by atoms with Crippen LogP contribution in [0.25, 0.3) is 0 Å². The van der Waals surface area contributed by atoms with Crippen molar-refractivity contribution < 1.29 is 33.0 Å². The Hall–Kier alpha value is -3.69. The summed E-state index contributed by atoms with van der Waals surface area (Å²) in [5.41, 5.74) is 0.954. The molecule has 0 bridgehead atoms. The molecule has 0 saturated carbocycles. The van der Waals surface area contributed by atoms with Crippen LogP contribution in [0.1, 0.15) is 68.9 Å². The van der Waals surface area contributed by atoms with Gasteiger partial charge in [-0.25, -0.2) is 14.0 Å². The van der Waals surface area contributed by atoms with Gasteiger partial charge in [-0.15, -0.1) is 0 Å². The van der Waals surface area contributed by atoms with Crippen molar-refractivity contribution >= 4 is 30.8 Å². The van der Waals surface area contributed by atoms with Gasteiger partial charge in [0.25, 0.3) is 8.32 Å². The summed E-state index contributed by atoms with van der Waals surface area (Å²) in [6, 6.07) is 21.8. The molecule has 44 heavy (non-hydrogen) atoms. The summed E-state index contributed by atoms with van der Waals surface area (Å²) in [4.78, 5) is 26.8. The zero-order valence-corrected chi connectivity index (χ0v) is 27.7. The first-order chi connectivity index (χ1) is 20.8. The molecule has 0 radical (unpaired) electrons. The summed E-state index contributed by atoms with van der Waals surface area (Å²) in [5, 5.41) is 12.2. The molecule has 1 heterocycles. The van der Waals surface area contributed by atoms with E-state index in [1.165, 1.54) is 12.0 Å². The summed E-state index contributed by atoms with van der Waals surface area (Å²) in [6.45, 7) is 12.0. The van der Waals surface area contributed by atoms with Crippen LogP contribution in [-0.4, -0.2) is 62.3 Å². The van der Waals surface area contributed by atoms with Crippen LogP contribution in [0.3, 0.4) is 0 Å². The third-order valence-electron chi connectivity index (χ3n) is 8.36. The van der Waals surface area contributed by atoms with Gasteiger partial charge < -0.3 is 23.9 Å². The number of halogens is 1. The number of hydrogen-bond acceptors (Lipinski definition) is 5. The van der Waals surface area contributed by atoms with Crippen LogP contribution in [0, 0.1) is 12.7 Å². The molecule has 1 N–H and O–H groups in total. The standard InChI is InChI=1S/C35H44FNO6Si/c1-23(2)42-32-30(33(38)41-7)25(20-24(3)31(32)36)18-19-26-21-27(22-37(26)34(39)40)43-44(35(4,5)6,28-14-10-8-11-15-28)29-16-12-9-13-17-29/h8-17,20,23,26-27H,18-19,21-22H2,1-7H3,(H,39,40)/t26-,27-/m0/s1. The number of carbonyl (C=O) groups excluding carboxylic acids is 1. The second kappa shape index (κ2) is 13.5. The highest BCUT2D eigenvalue weighted by molar-refractivity contribution is 6.99. The van der Waals surface area contributed by atoms with Crippen molar-refractivity contribution in [2.24, 2.45) is 0 Å². The van der Waals surface area contributed by atoms with E-state index in [1.807, 2.05) is 36.4 Å². The van der Waals surface area contributed by atoms with Gasteiger partial charge in [0.15, 0.2) is 11.6 Å². The Kier molecular flexibility index (Phi) is 10.2. The first-order valence-electron chi connectivity index (χ1n) is 15.2. The second-order valence-corrected chi connectivity index (χ2v) is 17.0. The number of benzene rings is 3. The average molecular weight is 622 g/mol. The van der Waals surface area contributed by atoms with E-state index in [0.717, 1.165) is 10.4 Å². The van der Waals surface area contributed by atoms with E-state index in [9.17, 15) is 14.7 Å². The molecule has 1 amide bonds. The number of esters is 1. The molecule has 0 spiro atoms. The van der Waals surface area contributed by atoms with Gasteiger partial charge in [-0.2, -0.15) is 0 Å². The monoisotopic (exact) mass is 621 g/mol. The summed E-state index contributed by atoms with van der Waals surface area (Å²) in [5.74, 6) is -1.42. The van der Waals surface area contributed by atoms with Crippen LogP contribution >= 0.6 is 0 Å². The molecule has 4 rings (SSSR count). The number of methoxy groups -OCH3 is 1. The van der Waals surface area contributed by atoms with Crippen LogP contribution in [0.15, 0.2) is 66.7 Å². The normalized spacial score (nSPS) is 17.2. The van der Waals surface area contributed by atoms with Crippen molar-refractivity contribution in [1.82, 2.24) is 4.90 Å². The number of aryl methyl sites for hydroxylation is 2. The summed E-state index contributed by atoms with van der Waals surface area (Å²) in [6.07, 6.45) is -0.462. The number of carbonyl (C=O) groups is 2. The smallest absolute Gasteiger partial charge is 0.407 e. The van der Waals surface area contributed by atoms with E-state index in [0.29, 0.717) is 30.4 Å². The zero-order valence-electron chi connectivity index (χ0n) is 26.7. The molecule has 1 aliphatic rings. The fourth-order valence-corrected chi connectivity index (χ4v) is 11.1. The van der Waals surface area contributed by atoms with Crippen LogP contribution in [0.2, 0.25) is 5.04 Å². The van der Waals surface area contributed by atoms with Gasteiger partial charge in [0.1, 0.15) is 5.56 Å². The SMILES string of the molecule is COC(=O)c1c(CC[C@H]2C[C@H](O[Si](c3ccccc3)(c3ccccc3)C(C)(C)C)CN2C(=O)O)cc(C)c(F)c1OC(C)C. The maximum atomic E-state index is 15.2. The Morgan fingerprint density at radius 1 is 1.05 bits per heavy atom. The molecule has 1 fully saturated rings. The first kappa shape index (κ1) is 33.2. The van der Waals surface area contributed by atoms with Crippen molar-refractivity contribution in [3.63, 3.8) is 0 Å².